The Morgan fingerprint density at radius 2 is 2.08 bits per heavy atom. The van der Waals surface area contributed by atoms with Crippen LogP contribution in [0.1, 0.15) is 38.2 Å². The molecular weight excluding hydrogens is 332 g/mol. The maximum absolute atomic E-state index is 12.3. The van der Waals surface area contributed by atoms with E-state index in [2.05, 4.69) is 10.2 Å². The highest BCUT2D eigenvalue weighted by Gasteiger charge is 2.23. The summed E-state index contributed by atoms with van der Waals surface area (Å²) >= 11 is 0. The number of carbonyl (C=O) groups excluding carboxylic acids is 2. The maximum atomic E-state index is 12.3. The average molecular weight is 360 g/mol. The number of benzene rings is 1. The van der Waals surface area contributed by atoms with Crippen molar-refractivity contribution in [2.45, 2.75) is 38.6 Å². The van der Waals surface area contributed by atoms with Crippen LogP contribution in [0.5, 0.6) is 0 Å². The van der Waals surface area contributed by atoms with Gasteiger partial charge in [-0.15, -0.1) is 0 Å². The summed E-state index contributed by atoms with van der Waals surface area (Å²) in [5, 5.41) is 12.1. The lowest BCUT2D eigenvalue weighted by Crippen LogP contribution is -2.44. The Hall–Kier alpha value is -2.18. The lowest BCUT2D eigenvalue weighted by molar-refractivity contribution is -0.137. The molecule has 1 fully saturated rings. The number of aliphatic hydroxyl groups is 1. The summed E-state index contributed by atoms with van der Waals surface area (Å²) in [5.41, 5.74) is 1.58. The van der Waals surface area contributed by atoms with Crippen LogP contribution < -0.4 is 5.32 Å². The van der Waals surface area contributed by atoms with Crippen LogP contribution in [-0.2, 0) is 14.3 Å². The molecule has 1 atom stereocenters. The molecule has 0 spiro atoms. The third-order valence-corrected chi connectivity index (χ3v) is 4.45. The second kappa shape index (κ2) is 10.7. The molecular formula is C20H28N2O4. The van der Waals surface area contributed by atoms with Gasteiger partial charge >= 0.3 is 5.97 Å². The Kier molecular flexibility index (Phi) is 8.31. The third kappa shape index (κ3) is 6.61. The van der Waals surface area contributed by atoms with Gasteiger partial charge in [0.25, 0.3) is 0 Å². The molecule has 2 rings (SSSR count). The summed E-state index contributed by atoms with van der Waals surface area (Å²) in [7, 11) is 0. The molecule has 1 aromatic carbocycles. The van der Waals surface area contributed by atoms with E-state index in [1.165, 1.54) is 6.08 Å². The minimum atomic E-state index is -0.371. The first kappa shape index (κ1) is 20.1. The monoisotopic (exact) mass is 360 g/mol. The zero-order valence-corrected chi connectivity index (χ0v) is 15.3. The van der Waals surface area contributed by atoms with Crippen LogP contribution in [0.4, 0.5) is 5.69 Å². The summed E-state index contributed by atoms with van der Waals surface area (Å²) < 4.78 is 4.84. The molecule has 1 amide bonds. The minimum Gasteiger partial charge on any atom is -0.463 e. The molecule has 1 aliphatic heterocycles. The minimum absolute atomic E-state index is 0.0512. The van der Waals surface area contributed by atoms with Crippen LogP contribution in [0.3, 0.4) is 0 Å². The normalized spacial score (nSPS) is 18.0. The van der Waals surface area contributed by atoms with Gasteiger partial charge in [-0.05, 0) is 56.5 Å². The van der Waals surface area contributed by atoms with Crippen molar-refractivity contribution >= 4 is 23.6 Å². The van der Waals surface area contributed by atoms with Gasteiger partial charge in [0.05, 0.1) is 13.2 Å². The Balaban J connectivity index is 1.85. The second-order valence-electron chi connectivity index (χ2n) is 6.39. The molecule has 26 heavy (non-hydrogen) atoms. The fourth-order valence-corrected chi connectivity index (χ4v) is 3.16. The fourth-order valence-electron chi connectivity index (χ4n) is 3.16. The third-order valence-electron chi connectivity index (χ3n) is 4.45. The summed E-state index contributed by atoms with van der Waals surface area (Å²) in [6.07, 6.45) is 7.07. The molecule has 0 saturated carbocycles. The van der Waals surface area contributed by atoms with E-state index < -0.39 is 0 Å². The summed E-state index contributed by atoms with van der Waals surface area (Å²) in [6, 6.07) is 7.57. The summed E-state index contributed by atoms with van der Waals surface area (Å²) in [5.74, 6) is -0.423. The number of piperidine rings is 1. The molecule has 0 aliphatic carbocycles. The van der Waals surface area contributed by atoms with E-state index in [9.17, 15) is 14.7 Å². The van der Waals surface area contributed by atoms with Crippen LogP contribution >= 0.6 is 0 Å². The number of hydrogen-bond acceptors (Lipinski definition) is 5. The van der Waals surface area contributed by atoms with Crippen molar-refractivity contribution in [1.29, 1.82) is 0 Å². The van der Waals surface area contributed by atoms with E-state index in [1.807, 2.05) is 24.3 Å². The average Bonchev–Trinajstić information content (AvgIpc) is 2.63. The van der Waals surface area contributed by atoms with Gasteiger partial charge in [0.15, 0.2) is 0 Å². The van der Waals surface area contributed by atoms with E-state index >= 15 is 0 Å². The van der Waals surface area contributed by atoms with Crippen LogP contribution in [0.2, 0.25) is 0 Å². The topological polar surface area (TPSA) is 78.9 Å². The van der Waals surface area contributed by atoms with Crippen molar-refractivity contribution in [1.82, 2.24) is 4.90 Å². The highest BCUT2D eigenvalue weighted by molar-refractivity contribution is 5.92. The fraction of sp³-hybridized carbons (Fsp3) is 0.500. The van der Waals surface area contributed by atoms with E-state index in [0.29, 0.717) is 13.2 Å². The van der Waals surface area contributed by atoms with Gasteiger partial charge in [0.1, 0.15) is 0 Å². The van der Waals surface area contributed by atoms with Crippen LogP contribution in [0, 0.1) is 0 Å². The number of aliphatic hydroxyl groups excluding tert-OH is 1. The van der Waals surface area contributed by atoms with E-state index in [0.717, 1.165) is 43.5 Å². The Morgan fingerprint density at radius 1 is 1.31 bits per heavy atom. The second-order valence-corrected chi connectivity index (χ2v) is 6.39. The number of nitrogens with one attached hydrogen (secondary N) is 1. The Labute approximate surface area is 154 Å². The first-order valence-corrected chi connectivity index (χ1v) is 9.22. The van der Waals surface area contributed by atoms with Crippen molar-refractivity contribution in [3.63, 3.8) is 0 Å². The predicted octanol–water partition coefficient (Wildman–Crippen LogP) is 2.44. The lowest BCUT2D eigenvalue weighted by atomic mass is 9.99. The van der Waals surface area contributed by atoms with Crippen molar-refractivity contribution in [3.05, 3.63) is 35.9 Å². The summed E-state index contributed by atoms with van der Waals surface area (Å²) in [6.45, 7) is 3.51. The molecule has 142 valence electrons. The molecule has 0 bridgehead atoms. The number of rotatable bonds is 8. The van der Waals surface area contributed by atoms with Crippen LogP contribution in [0.15, 0.2) is 30.3 Å². The van der Waals surface area contributed by atoms with Crippen molar-refractivity contribution in [2.24, 2.45) is 0 Å². The molecule has 2 N–H and O–H groups in total. The molecule has 1 saturated heterocycles. The quantitative estimate of drug-likeness (QED) is 0.550. The Bertz CT molecular complexity index is 611. The van der Waals surface area contributed by atoms with Crippen LogP contribution in [0.25, 0.3) is 6.08 Å². The molecule has 0 aromatic heterocycles. The molecule has 6 heteroatoms. The highest BCUT2D eigenvalue weighted by Crippen LogP contribution is 2.19. The van der Waals surface area contributed by atoms with Crippen LogP contribution in [-0.4, -0.2) is 54.2 Å². The number of hydrogen-bond donors (Lipinski definition) is 2. The number of carbonyl (C=O) groups is 2. The number of anilines is 1. The first-order chi connectivity index (χ1) is 12.6. The number of likely N-dealkylation sites (tertiary alicyclic amines) is 1. The number of esters is 1. The number of amides is 1. The molecule has 6 nitrogen and oxygen atoms in total. The van der Waals surface area contributed by atoms with Gasteiger partial charge in [-0.3, -0.25) is 9.69 Å². The smallest absolute Gasteiger partial charge is 0.330 e. The van der Waals surface area contributed by atoms with Crippen molar-refractivity contribution in [2.75, 3.05) is 31.6 Å². The van der Waals surface area contributed by atoms with Crippen molar-refractivity contribution in [3.8, 4) is 0 Å². The molecule has 1 heterocycles. The maximum Gasteiger partial charge on any atom is 0.330 e. The van der Waals surface area contributed by atoms with Gasteiger partial charge in [0.2, 0.25) is 5.91 Å². The standard InChI is InChI=1S/C20H28N2O4/c1-2-26-20(25)11-8-16-6-9-17(10-7-16)21-19(24)15-22-13-4-3-5-18(22)12-14-23/h6-11,18,23H,2-5,12-15H2,1H3,(H,21,24)/b11-8+. The van der Waals surface area contributed by atoms with Crippen molar-refractivity contribution < 1.29 is 19.4 Å². The molecule has 0 radical (unpaired) electrons. The van der Waals surface area contributed by atoms with Gasteiger partial charge in [-0.25, -0.2) is 4.79 Å². The van der Waals surface area contributed by atoms with Gasteiger partial charge in [-0.1, -0.05) is 18.6 Å². The zero-order valence-electron chi connectivity index (χ0n) is 15.3. The van der Waals surface area contributed by atoms with Gasteiger partial charge in [0, 0.05) is 24.4 Å². The lowest BCUT2D eigenvalue weighted by Gasteiger charge is -2.34. The SMILES string of the molecule is CCOC(=O)/C=C/c1ccc(NC(=O)CN2CCCCC2CCO)cc1. The summed E-state index contributed by atoms with van der Waals surface area (Å²) in [4.78, 5) is 25.8. The van der Waals surface area contributed by atoms with E-state index in [4.69, 9.17) is 4.74 Å². The van der Waals surface area contributed by atoms with Gasteiger partial charge < -0.3 is 15.2 Å². The first-order valence-electron chi connectivity index (χ1n) is 9.22. The molecule has 1 aliphatic rings. The zero-order chi connectivity index (χ0) is 18.8. The van der Waals surface area contributed by atoms with E-state index in [1.54, 1.807) is 13.0 Å². The number of nitrogens with zero attached hydrogens (tertiary/aromatic N) is 1. The number of ether oxygens (including phenoxy) is 1. The van der Waals surface area contributed by atoms with Gasteiger partial charge in [-0.2, -0.15) is 0 Å². The predicted molar refractivity (Wildman–Crippen MR) is 102 cm³/mol. The largest absolute Gasteiger partial charge is 0.463 e. The molecule has 1 aromatic rings. The molecule has 1 unspecified atom stereocenters. The van der Waals surface area contributed by atoms with E-state index in [-0.39, 0.29) is 24.5 Å². The Morgan fingerprint density at radius 3 is 2.77 bits per heavy atom. The highest BCUT2D eigenvalue weighted by atomic mass is 16.5.